The van der Waals surface area contributed by atoms with Crippen LogP contribution in [0.1, 0.15) is 17.0 Å². The lowest BCUT2D eigenvalue weighted by Crippen LogP contribution is -1.93. The minimum Gasteiger partial charge on any atom is -0.399 e. The molecule has 1 aromatic carbocycles. The normalized spacial score (nSPS) is 27.4. The van der Waals surface area contributed by atoms with Gasteiger partial charge in [-0.3, -0.25) is 0 Å². The van der Waals surface area contributed by atoms with Gasteiger partial charge in [0.15, 0.2) is 0 Å². The number of anilines is 1. The van der Waals surface area contributed by atoms with E-state index in [-0.39, 0.29) is 11.8 Å². The van der Waals surface area contributed by atoms with E-state index in [2.05, 4.69) is 12.6 Å². The molecule has 1 saturated carbocycles. The first kappa shape index (κ1) is 10.8. The van der Waals surface area contributed by atoms with Crippen molar-refractivity contribution in [3.05, 3.63) is 42.0 Å². The Balaban J connectivity index is 2.36. The summed E-state index contributed by atoms with van der Waals surface area (Å²) in [6, 6.07) is 5.93. The van der Waals surface area contributed by atoms with Gasteiger partial charge < -0.3 is 5.73 Å². The number of halogens is 2. The molecule has 1 nitrogen and oxygen atoms in total. The molecule has 2 rings (SSSR count). The Labute approximate surface area is 99.9 Å². The van der Waals surface area contributed by atoms with Crippen LogP contribution in [0.25, 0.3) is 0 Å². The number of hydrogen-bond acceptors (Lipinski definition) is 1. The average Bonchev–Trinajstić information content (AvgIpc) is 2.66. The molecule has 0 heterocycles. The largest absolute Gasteiger partial charge is 0.399 e. The molecular weight excluding hydrogens is 229 g/mol. The molecule has 0 bridgehead atoms. The lowest BCUT2D eigenvalue weighted by atomic mass is 10.1. The summed E-state index contributed by atoms with van der Waals surface area (Å²) in [5.74, 6) is 0.252. The van der Waals surface area contributed by atoms with Crippen LogP contribution in [-0.4, -0.2) is 4.33 Å². The van der Waals surface area contributed by atoms with Crippen LogP contribution in [-0.2, 0) is 0 Å². The lowest BCUT2D eigenvalue weighted by Gasteiger charge is -2.04. The Kier molecular flexibility index (Phi) is 2.48. The molecule has 0 aromatic heterocycles. The van der Waals surface area contributed by atoms with Crippen LogP contribution in [0.4, 0.5) is 5.69 Å². The van der Waals surface area contributed by atoms with Gasteiger partial charge in [-0.1, -0.05) is 12.1 Å². The van der Waals surface area contributed by atoms with E-state index in [1.165, 1.54) is 0 Å². The smallest absolute Gasteiger partial charge is 0.132 e. The quantitative estimate of drug-likeness (QED) is 0.478. The summed E-state index contributed by atoms with van der Waals surface area (Å²) in [5, 5.41) is 0. The molecule has 1 aromatic rings. The highest BCUT2D eigenvalue weighted by Gasteiger charge is 2.62. The van der Waals surface area contributed by atoms with E-state index in [0.717, 1.165) is 16.8 Å². The standard InChI is InChI=1S/C12H13Cl2N/c1-3-10-11(12(10,13)14)8-4-7(2)5-9(15)6-8/h3-6,10-11H,1,15H2,2H3. The highest BCUT2D eigenvalue weighted by atomic mass is 35.5. The van der Waals surface area contributed by atoms with Crippen molar-refractivity contribution in [2.24, 2.45) is 5.92 Å². The van der Waals surface area contributed by atoms with Crippen molar-refractivity contribution in [1.29, 1.82) is 0 Å². The first-order chi connectivity index (χ1) is 6.96. The molecule has 0 aliphatic heterocycles. The van der Waals surface area contributed by atoms with E-state index in [0.29, 0.717) is 0 Å². The third-order valence-corrected chi connectivity index (χ3v) is 3.82. The van der Waals surface area contributed by atoms with Crippen LogP contribution in [0, 0.1) is 12.8 Å². The molecule has 0 spiro atoms. The second kappa shape index (κ2) is 3.43. The zero-order chi connectivity index (χ0) is 11.2. The van der Waals surface area contributed by atoms with Crippen molar-refractivity contribution >= 4 is 28.9 Å². The van der Waals surface area contributed by atoms with Crippen LogP contribution >= 0.6 is 23.2 Å². The Hall–Kier alpha value is -0.660. The maximum Gasteiger partial charge on any atom is 0.132 e. The first-order valence-electron chi connectivity index (χ1n) is 4.84. The summed E-state index contributed by atoms with van der Waals surface area (Å²) in [6.07, 6.45) is 1.81. The molecular formula is C12H13Cl2N. The molecule has 0 radical (unpaired) electrons. The van der Waals surface area contributed by atoms with Gasteiger partial charge in [0.25, 0.3) is 0 Å². The molecule has 80 valence electrons. The zero-order valence-corrected chi connectivity index (χ0v) is 10.0. The number of aryl methyl sites for hydroxylation is 1. The van der Waals surface area contributed by atoms with Crippen molar-refractivity contribution in [3.63, 3.8) is 0 Å². The Morgan fingerprint density at radius 3 is 2.53 bits per heavy atom. The maximum absolute atomic E-state index is 6.17. The summed E-state index contributed by atoms with van der Waals surface area (Å²) in [7, 11) is 0. The fourth-order valence-corrected chi connectivity index (χ4v) is 2.92. The van der Waals surface area contributed by atoms with Gasteiger partial charge in [0.2, 0.25) is 0 Å². The first-order valence-corrected chi connectivity index (χ1v) is 5.60. The van der Waals surface area contributed by atoms with Gasteiger partial charge in [-0.2, -0.15) is 0 Å². The fraction of sp³-hybridized carbons (Fsp3) is 0.333. The van der Waals surface area contributed by atoms with Gasteiger partial charge in [-0.05, 0) is 30.2 Å². The molecule has 0 amide bonds. The molecule has 0 saturated heterocycles. The molecule has 1 aliphatic carbocycles. The maximum atomic E-state index is 6.17. The van der Waals surface area contributed by atoms with Gasteiger partial charge >= 0.3 is 0 Å². The molecule has 15 heavy (non-hydrogen) atoms. The summed E-state index contributed by atoms with van der Waals surface area (Å²) in [5.41, 5.74) is 8.77. The average molecular weight is 242 g/mol. The highest BCUT2D eigenvalue weighted by molar-refractivity contribution is 6.52. The highest BCUT2D eigenvalue weighted by Crippen LogP contribution is 2.65. The molecule has 2 atom stereocenters. The number of nitrogens with two attached hydrogens (primary N) is 1. The van der Waals surface area contributed by atoms with E-state index < -0.39 is 4.33 Å². The minimum atomic E-state index is -0.706. The number of allylic oxidation sites excluding steroid dienone is 1. The summed E-state index contributed by atoms with van der Waals surface area (Å²) in [4.78, 5) is 0. The van der Waals surface area contributed by atoms with Crippen molar-refractivity contribution in [2.75, 3.05) is 5.73 Å². The lowest BCUT2D eigenvalue weighted by molar-refractivity contribution is 1.01. The summed E-state index contributed by atoms with van der Waals surface area (Å²) in [6.45, 7) is 5.75. The monoisotopic (exact) mass is 241 g/mol. The second-order valence-electron chi connectivity index (χ2n) is 4.09. The zero-order valence-electron chi connectivity index (χ0n) is 8.50. The molecule has 3 heteroatoms. The molecule has 2 unspecified atom stereocenters. The van der Waals surface area contributed by atoms with Crippen LogP contribution in [0.15, 0.2) is 30.9 Å². The van der Waals surface area contributed by atoms with E-state index in [1.807, 2.05) is 25.1 Å². The van der Waals surface area contributed by atoms with E-state index in [1.54, 1.807) is 0 Å². The van der Waals surface area contributed by atoms with Gasteiger partial charge in [0.1, 0.15) is 4.33 Å². The van der Waals surface area contributed by atoms with Crippen molar-refractivity contribution in [2.45, 2.75) is 17.2 Å². The summed E-state index contributed by atoms with van der Waals surface area (Å²) >= 11 is 12.3. The summed E-state index contributed by atoms with van der Waals surface area (Å²) < 4.78 is -0.706. The van der Waals surface area contributed by atoms with Gasteiger partial charge in [0, 0.05) is 17.5 Å². The number of benzene rings is 1. The molecule has 2 N–H and O–H groups in total. The number of nitrogen functional groups attached to an aromatic ring is 1. The van der Waals surface area contributed by atoms with Gasteiger partial charge in [0.05, 0.1) is 0 Å². The predicted octanol–water partition coefficient (Wildman–Crippen LogP) is 3.65. The number of alkyl halides is 2. The third kappa shape index (κ3) is 1.75. The number of rotatable bonds is 2. The van der Waals surface area contributed by atoms with Crippen molar-refractivity contribution < 1.29 is 0 Å². The van der Waals surface area contributed by atoms with Crippen molar-refractivity contribution in [3.8, 4) is 0 Å². The topological polar surface area (TPSA) is 26.0 Å². The van der Waals surface area contributed by atoms with E-state index in [9.17, 15) is 0 Å². The Morgan fingerprint density at radius 1 is 1.40 bits per heavy atom. The van der Waals surface area contributed by atoms with Crippen LogP contribution < -0.4 is 5.73 Å². The Morgan fingerprint density at radius 2 is 2.07 bits per heavy atom. The SMILES string of the molecule is C=CC1C(c2cc(C)cc(N)c2)C1(Cl)Cl. The third-order valence-electron chi connectivity index (χ3n) is 2.84. The van der Waals surface area contributed by atoms with E-state index >= 15 is 0 Å². The number of hydrogen-bond donors (Lipinski definition) is 1. The van der Waals surface area contributed by atoms with Crippen LogP contribution in [0.3, 0.4) is 0 Å². The fourth-order valence-electron chi connectivity index (χ4n) is 2.10. The van der Waals surface area contributed by atoms with Gasteiger partial charge in [-0.15, -0.1) is 29.8 Å². The minimum absolute atomic E-state index is 0.125. The van der Waals surface area contributed by atoms with E-state index in [4.69, 9.17) is 28.9 Å². The van der Waals surface area contributed by atoms with Crippen molar-refractivity contribution in [1.82, 2.24) is 0 Å². The second-order valence-corrected chi connectivity index (χ2v) is 5.54. The van der Waals surface area contributed by atoms with Crippen LogP contribution in [0.2, 0.25) is 0 Å². The van der Waals surface area contributed by atoms with Gasteiger partial charge in [-0.25, -0.2) is 0 Å². The Bertz CT molecular complexity index is 392. The van der Waals surface area contributed by atoms with Crippen LogP contribution in [0.5, 0.6) is 0 Å². The molecule has 1 fully saturated rings. The molecule has 1 aliphatic rings. The predicted molar refractivity (Wildman–Crippen MR) is 66.5 cm³/mol.